The third kappa shape index (κ3) is 3.81. The van der Waals surface area contributed by atoms with Crippen LogP contribution in [0.15, 0.2) is 11.2 Å². The minimum Gasteiger partial charge on any atom is -0.349 e. The van der Waals surface area contributed by atoms with E-state index in [9.17, 15) is 0 Å². The second kappa shape index (κ2) is 5.84. The highest BCUT2D eigenvalue weighted by atomic mass is 32.1. The molecule has 1 aromatic heterocycles. The van der Waals surface area contributed by atoms with Gasteiger partial charge in [0.05, 0.1) is 5.01 Å². The van der Waals surface area contributed by atoms with Gasteiger partial charge >= 0.3 is 0 Å². The largest absolute Gasteiger partial charge is 0.349 e. The molecule has 0 fully saturated rings. The number of aliphatic imine (C=N–C) groups is 1. The number of thiazole rings is 1. The van der Waals surface area contributed by atoms with Crippen molar-refractivity contribution in [1.82, 2.24) is 14.8 Å². The molecule has 90 valence electrons. The molecule has 5 heteroatoms. The normalized spacial score (nSPS) is 10.1. The first-order valence-corrected chi connectivity index (χ1v) is 6.12. The van der Waals surface area contributed by atoms with E-state index in [1.165, 1.54) is 4.88 Å². The van der Waals surface area contributed by atoms with Crippen LogP contribution in [0.2, 0.25) is 0 Å². The third-order valence-electron chi connectivity index (χ3n) is 2.05. The minimum absolute atomic E-state index is 0.790. The minimum atomic E-state index is 0.790. The Bertz CT molecular complexity index is 345. The summed E-state index contributed by atoms with van der Waals surface area (Å²) in [5.74, 6) is 0.994. The summed E-state index contributed by atoms with van der Waals surface area (Å²) in [6.45, 7) is 2.87. The van der Waals surface area contributed by atoms with Crippen LogP contribution in [-0.2, 0) is 6.42 Å². The Morgan fingerprint density at radius 3 is 2.38 bits per heavy atom. The molecule has 0 unspecified atom stereocenters. The zero-order chi connectivity index (χ0) is 12.1. The van der Waals surface area contributed by atoms with Crippen molar-refractivity contribution in [3.05, 3.63) is 16.1 Å². The number of nitrogens with zero attached hydrogens (tertiary/aromatic N) is 4. The van der Waals surface area contributed by atoms with Crippen molar-refractivity contribution >= 4 is 17.3 Å². The van der Waals surface area contributed by atoms with E-state index in [0.29, 0.717) is 0 Å². The van der Waals surface area contributed by atoms with Crippen LogP contribution in [0.5, 0.6) is 0 Å². The average molecular weight is 240 g/mol. The van der Waals surface area contributed by atoms with E-state index in [1.54, 1.807) is 11.3 Å². The van der Waals surface area contributed by atoms with E-state index >= 15 is 0 Å². The molecule has 4 nitrogen and oxygen atoms in total. The van der Waals surface area contributed by atoms with Gasteiger partial charge in [-0.15, -0.1) is 11.3 Å². The van der Waals surface area contributed by atoms with Gasteiger partial charge in [-0.25, -0.2) is 4.98 Å². The summed E-state index contributed by atoms with van der Waals surface area (Å²) in [6.07, 6.45) is 2.84. The molecule has 1 aromatic rings. The van der Waals surface area contributed by atoms with Crippen LogP contribution in [0, 0.1) is 6.92 Å². The predicted molar refractivity (Wildman–Crippen MR) is 70.2 cm³/mol. The molecule has 0 N–H and O–H groups in total. The Morgan fingerprint density at radius 2 is 1.94 bits per heavy atom. The molecule has 1 heterocycles. The molecule has 16 heavy (non-hydrogen) atoms. The van der Waals surface area contributed by atoms with E-state index in [0.717, 1.165) is 23.9 Å². The highest BCUT2D eigenvalue weighted by Gasteiger charge is 2.04. The number of guanidine groups is 1. The standard InChI is InChI=1S/C11H20N4S/c1-9-8-13-10(16-9)6-7-12-11(14(2)3)15(4)5/h8H,6-7H2,1-5H3. The Balaban J connectivity index is 2.51. The fraction of sp³-hybridized carbons (Fsp3) is 0.636. The maximum absolute atomic E-state index is 4.56. The first-order valence-electron chi connectivity index (χ1n) is 5.31. The van der Waals surface area contributed by atoms with E-state index in [2.05, 4.69) is 16.9 Å². The maximum Gasteiger partial charge on any atom is 0.195 e. The summed E-state index contributed by atoms with van der Waals surface area (Å²) in [4.78, 5) is 14.2. The van der Waals surface area contributed by atoms with Crippen LogP contribution in [0.4, 0.5) is 0 Å². The Hall–Kier alpha value is -1.10. The monoisotopic (exact) mass is 240 g/mol. The number of aromatic nitrogens is 1. The molecule has 0 radical (unpaired) electrons. The van der Waals surface area contributed by atoms with Gasteiger partial charge in [-0.3, -0.25) is 4.99 Å². The Morgan fingerprint density at radius 1 is 1.31 bits per heavy atom. The molecule has 0 spiro atoms. The number of hydrogen-bond acceptors (Lipinski definition) is 3. The number of aryl methyl sites for hydroxylation is 1. The topological polar surface area (TPSA) is 31.7 Å². The van der Waals surface area contributed by atoms with Gasteiger partial charge in [0.2, 0.25) is 0 Å². The zero-order valence-electron chi connectivity index (χ0n) is 10.7. The lowest BCUT2D eigenvalue weighted by atomic mass is 10.4. The van der Waals surface area contributed by atoms with Crippen molar-refractivity contribution in [2.45, 2.75) is 13.3 Å². The van der Waals surface area contributed by atoms with Crippen LogP contribution >= 0.6 is 11.3 Å². The molecule has 0 aliphatic rings. The molecule has 0 aliphatic carbocycles. The van der Waals surface area contributed by atoms with Crippen molar-refractivity contribution < 1.29 is 0 Å². The van der Waals surface area contributed by atoms with Crippen molar-refractivity contribution in [2.75, 3.05) is 34.7 Å². The fourth-order valence-electron chi connectivity index (χ4n) is 1.45. The van der Waals surface area contributed by atoms with Gasteiger partial charge in [-0.05, 0) is 6.92 Å². The SMILES string of the molecule is Cc1cnc(CCN=C(N(C)C)N(C)C)s1. The van der Waals surface area contributed by atoms with Gasteiger partial charge in [0.25, 0.3) is 0 Å². The molecule has 0 atom stereocenters. The summed E-state index contributed by atoms with van der Waals surface area (Å²) in [6, 6.07) is 0. The van der Waals surface area contributed by atoms with Gasteiger partial charge in [-0.1, -0.05) is 0 Å². The van der Waals surface area contributed by atoms with Gasteiger partial charge in [0, 0.05) is 52.2 Å². The lowest BCUT2D eigenvalue weighted by molar-refractivity contribution is 0.479. The number of hydrogen-bond donors (Lipinski definition) is 0. The van der Waals surface area contributed by atoms with E-state index < -0.39 is 0 Å². The van der Waals surface area contributed by atoms with E-state index in [-0.39, 0.29) is 0 Å². The molecule has 0 saturated carbocycles. The summed E-state index contributed by atoms with van der Waals surface area (Å²) < 4.78 is 0. The van der Waals surface area contributed by atoms with Gasteiger partial charge in [0.1, 0.15) is 0 Å². The van der Waals surface area contributed by atoms with E-state index in [4.69, 9.17) is 0 Å². The average Bonchev–Trinajstić information content (AvgIpc) is 2.57. The summed E-state index contributed by atoms with van der Waals surface area (Å²) >= 11 is 1.75. The summed E-state index contributed by atoms with van der Waals surface area (Å²) in [7, 11) is 8.03. The van der Waals surface area contributed by atoms with Crippen molar-refractivity contribution in [3.8, 4) is 0 Å². The molecular formula is C11H20N4S. The van der Waals surface area contributed by atoms with Gasteiger partial charge in [-0.2, -0.15) is 0 Å². The Kier molecular flexibility index (Phi) is 4.73. The highest BCUT2D eigenvalue weighted by molar-refractivity contribution is 7.11. The molecule has 1 rings (SSSR count). The van der Waals surface area contributed by atoms with Crippen LogP contribution in [0.1, 0.15) is 9.88 Å². The molecule has 0 amide bonds. The summed E-state index contributed by atoms with van der Waals surface area (Å²) in [5.41, 5.74) is 0. The van der Waals surface area contributed by atoms with Crippen molar-refractivity contribution in [3.63, 3.8) is 0 Å². The van der Waals surface area contributed by atoms with Crippen LogP contribution in [0.25, 0.3) is 0 Å². The lowest BCUT2D eigenvalue weighted by Crippen LogP contribution is -2.35. The van der Waals surface area contributed by atoms with Crippen LogP contribution < -0.4 is 0 Å². The maximum atomic E-state index is 4.56. The van der Waals surface area contributed by atoms with Crippen LogP contribution in [-0.4, -0.2) is 55.5 Å². The quantitative estimate of drug-likeness (QED) is 0.592. The van der Waals surface area contributed by atoms with E-state index in [1.807, 2.05) is 44.2 Å². The second-order valence-corrected chi connectivity index (χ2v) is 5.40. The molecule has 0 bridgehead atoms. The molecular weight excluding hydrogens is 220 g/mol. The first kappa shape index (κ1) is 13.0. The predicted octanol–water partition coefficient (Wildman–Crippen LogP) is 1.47. The molecule has 0 aromatic carbocycles. The fourth-order valence-corrected chi connectivity index (χ4v) is 2.23. The molecule has 0 aliphatic heterocycles. The first-order chi connectivity index (χ1) is 7.50. The Labute approximate surface area is 102 Å². The zero-order valence-corrected chi connectivity index (χ0v) is 11.5. The second-order valence-electron chi connectivity index (χ2n) is 4.09. The third-order valence-corrected chi connectivity index (χ3v) is 3.02. The highest BCUT2D eigenvalue weighted by Crippen LogP contribution is 2.11. The number of rotatable bonds is 3. The van der Waals surface area contributed by atoms with Gasteiger partial charge < -0.3 is 9.80 Å². The smallest absolute Gasteiger partial charge is 0.195 e. The van der Waals surface area contributed by atoms with Crippen molar-refractivity contribution in [2.24, 2.45) is 4.99 Å². The van der Waals surface area contributed by atoms with Crippen LogP contribution in [0.3, 0.4) is 0 Å². The lowest BCUT2D eigenvalue weighted by Gasteiger charge is -2.22. The summed E-state index contributed by atoms with van der Waals surface area (Å²) in [5, 5.41) is 1.16. The van der Waals surface area contributed by atoms with Gasteiger partial charge in [0.15, 0.2) is 5.96 Å². The molecule has 0 saturated heterocycles. The van der Waals surface area contributed by atoms with Crippen molar-refractivity contribution in [1.29, 1.82) is 0 Å².